The van der Waals surface area contributed by atoms with Crippen LogP contribution in [0.4, 0.5) is 0 Å². The molecule has 0 spiro atoms. The molecule has 0 unspecified atom stereocenters. The molecule has 0 saturated heterocycles. The minimum absolute atomic E-state index is 0.256. The summed E-state index contributed by atoms with van der Waals surface area (Å²) in [5, 5.41) is 10.2. The van der Waals surface area contributed by atoms with Crippen LogP contribution in [-0.4, -0.2) is 25.4 Å². The maximum Gasteiger partial charge on any atom is 0.119 e. The van der Waals surface area contributed by atoms with Gasteiger partial charge >= 0.3 is 0 Å². The highest BCUT2D eigenvalue weighted by Gasteiger charge is 2.47. The van der Waals surface area contributed by atoms with E-state index in [1.807, 2.05) is 12.1 Å². The molecule has 0 atom stereocenters. The van der Waals surface area contributed by atoms with Gasteiger partial charge in [0.2, 0.25) is 0 Å². The zero-order chi connectivity index (χ0) is 39.8. The predicted octanol–water partition coefficient (Wildman–Crippen LogP) is 12.4. The van der Waals surface area contributed by atoms with Crippen molar-refractivity contribution in [2.45, 2.75) is 23.7 Å². The van der Waals surface area contributed by atoms with Crippen molar-refractivity contribution in [2.24, 2.45) is 0 Å². The van der Waals surface area contributed by atoms with Gasteiger partial charge in [-0.05, 0) is 128 Å². The van der Waals surface area contributed by atoms with Crippen molar-refractivity contribution in [1.82, 2.24) is 0 Å². The Kier molecular flexibility index (Phi) is 9.26. The van der Waals surface area contributed by atoms with Gasteiger partial charge in [0.1, 0.15) is 23.0 Å². The average Bonchev–Trinajstić information content (AvgIpc) is 3.77. The molecule has 8 aromatic carbocycles. The van der Waals surface area contributed by atoms with Crippen LogP contribution in [0.3, 0.4) is 0 Å². The van der Waals surface area contributed by atoms with Gasteiger partial charge in [-0.3, -0.25) is 0 Å². The lowest BCUT2D eigenvalue weighted by molar-refractivity contribution is 0.266. The van der Waals surface area contributed by atoms with Gasteiger partial charge in [0.15, 0.2) is 0 Å². The first-order valence-electron chi connectivity index (χ1n) is 20.4. The number of fused-ring (bicyclic) bond motifs is 6. The molecule has 10 rings (SSSR count). The third-order valence-corrected chi connectivity index (χ3v) is 12.4. The SMILES string of the molecule is COc1ccc(C2(c3ccc(OCCCCOc4ccc(C5(c6ccc(O)cc6)c6ccccc6-c6ccccc65)cc4)cc3)c3ccccc3-c3ccccc32)cc1. The van der Waals surface area contributed by atoms with Crippen molar-refractivity contribution in [3.63, 3.8) is 0 Å². The highest BCUT2D eigenvalue weighted by atomic mass is 16.5. The summed E-state index contributed by atoms with van der Waals surface area (Å²) in [6.07, 6.45) is 1.74. The van der Waals surface area contributed by atoms with Crippen LogP contribution in [0.25, 0.3) is 22.3 Å². The molecule has 59 heavy (non-hydrogen) atoms. The zero-order valence-corrected chi connectivity index (χ0v) is 33.0. The van der Waals surface area contributed by atoms with Crippen molar-refractivity contribution in [3.05, 3.63) is 239 Å². The maximum atomic E-state index is 10.2. The summed E-state index contributed by atoms with van der Waals surface area (Å²) < 4.78 is 18.1. The summed E-state index contributed by atoms with van der Waals surface area (Å²) in [7, 11) is 1.71. The number of rotatable bonds is 12. The second kappa shape index (κ2) is 15.0. The average molecular weight is 769 g/mol. The van der Waals surface area contributed by atoms with Crippen molar-refractivity contribution < 1.29 is 19.3 Å². The van der Waals surface area contributed by atoms with Crippen LogP contribution in [-0.2, 0) is 10.8 Å². The van der Waals surface area contributed by atoms with Crippen LogP contribution in [0.1, 0.15) is 57.3 Å². The normalized spacial score (nSPS) is 13.8. The lowest BCUT2D eigenvalue weighted by Gasteiger charge is -2.34. The van der Waals surface area contributed by atoms with Gasteiger partial charge in [-0.2, -0.15) is 0 Å². The molecule has 0 aromatic heterocycles. The predicted molar refractivity (Wildman–Crippen MR) is 236 cm³/mol. The number of hydrogen-bond acceptors (Lipinski definition) is 4. The summed E-state index contributed by atoms with van der Waals surface area (Å²) in [5.41, 5.74) is 13.7. The van der Waals surface area contributed by atoms with E-state index < -0.39 is 10.8 Å². The largest absolute Gasteiger partial charge is 0.508 e. The van der Waals surface area contributed by atoms with Gasteiger partial charge in [-0.15, -0.1) is 0 Å². The first-order chi connectivity index (χ1) is 29.1. The molecule has 1 N–H and O–H groups in total. The van der Waals surface area contributed by atoms with Crippen molar-refractivity contribution in [2.75, 3.05) is 20.3 Å². The molecule has 0 heterocycles. The van der Waals surface area contributed by atoms with Gasteiger partial charge in [0, 0.05) is 0 Å². The molecular formula is C55H44O4. The highest BCUT2D eigenvalue weighted by Crippen LogP contribution is 2.57. The summed E-state index contributed by atoms with van der Waals surface area (Å²) >= 11 is 0. The van der Waals surface area contributed by atoms with Crippen LogP contribution in [0.5, 0.6) is 23.0 Å². The van der Waals surface area contributed by atoms with Crippen LogP contribution >= 0.6 is 0 Å². The Labute approximate surface area is 346 Å². The Morgan fingerprint density at radius 3 is 0.966 bits per heavy atom. The third-order valence-electron chi connectivity index (χ3n) is 12.4. The molecule has 0 saturated carbocycles. The van der Waals surface area contributed by atoms with E-state index in [1.54, 1.807) is 19.2 Å². The van der Waals surface area contributed by atoms with Gasteiger partial charge < -0.3 is 19.3 Å². The molecular weight excluding hydrogens is 725 g/mol. The number of ether oxygens (including phenoxy) is 3. The third kappa shape index (κ3) is 5.89. The fourth-order valence-electron chi connectivity index (χ4n) is 9.79. The molecule has 0 amide bonds. The molecule has 4 nitrogen and oxygen atoms in total. The summed E-state index contributed by atoms with van der Waals surface area (Å²) in [4.78, 5) is 0. The number of methoxy groups -OCH3 is 1. The monoisotopic (exact) mass is 768 g/mol. The molecule has 0 bridgehead atoms. The Morgan fingerprint density at radius 2 is 0.644 bits per heavy atom. The van der Waals surface area contributed by atoms with E-state index in [4.69, 9.17) is 14.2 Å². The molecule has 0 fully saturated rings. The Morgan fingerprint density at radius 1 is 0.356 bits per heavy atom. The highest BCUT2D eigenvalue weighted by molar-refractivity contribution is 5.87. The zero-order valence-electron chi connectivity index (χ0n) is 33.0. The fourth-order valence-corrected chi connectivity index (χ4v) is 9.79. The fraction of sp³-hybridized carbons (Fsp3) is 0.127. The summed E-state index contributed by atoms with van der Waals surface area (Å²) in [6, 6.07) is 68.2. The Bertz CT molecular complexity index is 2660. The van der Waals surface area contributed by atoms with E-state index in [0.29, 0.717) is 13.2 Å². The second-order valence-electron chi connectivity index (χ2n) is 15.4. The smallest absolute Gasteiger partial charge is 0.119 e. The molecule has 2 aliphatic carbocycles. The molecule has 4 heteroatoms. The van der Waals surface area contributed by atoms with Gasteiger partial charge in [-0.1, -0.05) is 146 Å². The van der Waals surface area contributed by atoms with Crippen molar-refractivity contribution >= 4 is 0 Å². The second-order valence-corrected chi connectivity index (χ2v) is 15.4. The number of hydrogen-bond donors (Lipinski definition) is 1. The summed E-state index contributed by atoms with van der Waals surface area (Å²) in [5.74, 6) is 2.79. The van der Waals surface area contributed by atoms with Crippen LogP contribution < -0.4 is 14.2 Å². The Hall–Kier alpha value is -7.04. The van der Waals surface area contributed by atoms with Gasteiger partial charge in [-0.25, -0.2) is 0 Å². The van der Waals surface area contributed by atoms with Crippen LogP contribution in [0.15, 0.2) is 194 Å². The van der Waals surface area contributed by atoms with E-state index in [-0.39, 0.29) is 5.75 Å². The quantitative estimate of drug-likeness (QED) is 0.126. The molecule has 0 radical (unpaired) electrons. The first-order valence-corrected chi connectivity index (χ1v) is 20.4. The molecule has 8 aromatic rings. The summed E-state index contributed by atoms with van der Waals surface area (Å²) in [6.45, 7) is 1.20. The van der Waals surface area contributed by atoms with E-state index >= 15 is 0 Å². The number of benzene rings is 8. The van der Waals surface area contributed by atoms with Gasteiger partial charge in [0.25, 0.3) is 0 Å². The minimum Gasteiger partial charge on any atom is -0.508 e. The lowest BCUT2D eigenvalue weighted by Crippen LogP contribution is -2.28. The lowest BCUT2D eigenvalue weighted by atomic mass is 9.68. The number of phenolic OH excluding ortho intramolecular Hbond substituents is 1. The molecule has 288 valence electrons. The molecule has 2 aliphatic rings. The first kappa shape index (κ1) is 36.3. The van der Waals surface area contributed by atoms with E-state index in [2.05, 4.69) is 170 Å². The van der Waals surface area contributed by atoms with Crippen molar-refractivity contribution in [3.8, 4) is 45.3 Å². The number of aromatic hydroxyl groups is 1. The van der Waals surface area contributed by atoms with E-state index in [0.717, 1.165) is 41.2 Å². The van der Waals surface area contributed by atoms with Crippen LogP contribution in [0.2, 0.25) is 0 Å². The number of phenols is 1. The maximum absolute atomic E-state index is 10.2. The van der Waals surface area contributed by atoms with Crippen LogP contribution in [0, 0.1) is 0 Å². The van der Waals surface area contributed by atoms with Crippen molar-refractivity contribution in [1.29, 1.82) is 0 Å². The standard InChI is InChI=1S/C55H44O4/c1-57-43-30-22-39(23-31-43)55(52-18-8-4-14-48(52)49-15-5-9-19-53(49)55)41-26-34-45(35-27-41)59-37-11-10-36-58-44-32-24-40(25-33-44)54(38-20-28-42(56)29-21-38)50-16-6-2-12-46(50)47-13-3-7-17-51(47)54/h2-9,12-35,56H,10-11,36-37H2,1H3. The topological polar surface area (TPSA) is 47.9 Å². The van der Waals surface area contributed by atoms with Gasteiger partial charge in [0.05, 0.1) is 31.2 Å². The minimum atomic E-state index is -0.517. The molecule has 0 aliphatic heterocycles. The Balaban J connectivity index is 0.824. The van der Waals surface area contributed by atoms with E-state index in [9.17, 15) is 5.11 Å². The number of unbranched alkanes of at least 4 members (excludes halogenated alkanes) is 1. The van der Waals surface area contributed by atoms with E-state index in [1.165, 1.54) is 55.6 Å².